The van der Waals surface area contributed by atoms with Gasteiger partial charge in [0, 0.05) is 0 Å². The summed E-state index contributed by atoms with van der Waals surface area (Å²) in [6.07, 6.45) is 3.17. The van der Waals surface area contributed by atoms with Crippen molar-refractivity contribution in [3.8, 4) is 5.75 Å². The van der Waals surface area contributed by atoms with E-state index in [0.29, 0.717) is 16.3 Å². The summed E-state index contributed by atoms with van der Waals surface area (Å²) < 4.78 is 5.51. The van der Waals surface area contributed by atoms with Crippen molar-refractivity contribution in [2.24, 2.45) is 0 Å². The zero-order valence-electron chi connectivity index (χ0n) is 7.00. The smallest absolute Gasteiger partial charge is 0.155 e. The summed E-state index contributed by atoms with van der Waals surface area (Å²) in [4.78, 5) is 10.7. The fourth-order valence-electron chi connectivity index (χ4n) is 1.10. The van der Waals surface area contributed by atoms with E-state index in [0.717, 1.165) is 19.1 Å². The molecule has 0 heterocycles. The Kier molecular flexibility index (Phi) is 2.23. The molecule has 2 rings (SSSR count). The maximum Gasteiger partial charge on any atom is 0.155 e. The second-order valence-corrected chi connectivity index (χ2v) is 3.49. The molecule has 68 valence electrons. The highest BCUT2D eigenvalue weighted by Crippen LogP contribution is 2.31. The molecule has 0 aromatic heterocycles. The largest absolute Gasteiger partial charge is 0.490 e. The van der Waals surface area contributed by atoms with E-state index in [1.165, 1.54) is 0 Å². The molecule has 1 aliphatic rings. The van der Waals surface area contributed by atoms with Crippen LogP contribution in [0.1, 0.15) is 23.2 Å². The van der Waals surface area contributed by atoms with E-state index in [-0.39, 0.29) is 6.10 Å². The quantitative estimate of drug-likeness (QED) is 0.695. The number of rotatable bonds is 3. The Morgan fingerprint density at radius 3 is 2.85 bits per heavy atom. The standard InChI is InChI=1S/C10H9ClO2/c11-9-2-1-3-10(8(9)6-12)13-7-4-5-7/h1-3,6-7H,4-5H2. The van der Waals surface area contributed by atoms with Gasteiger partial charge in [-0.1, -0.05) is 17.7 Å². The van der Waals surface area contributed by atoms with Crippen LogP contribution in [0.2, 0.25) is 5.02 Å². The molecule has 0 N–H and O–H groups in total. The Labute approximate surface area is 81.5 Å². The van der Waals surface area contributed by atoms with Crippen LogP contribution in [0.15, 0.2) is 18.2 Å². The van der Waals surface area contributed by atoms with Crippen LogP contribution >= 0.6 is 11.6 Å². The zero-order chi connectivity index (χ0) is 9.26. The molecule has 13 heavy (non-hydrogen) atoms. The van der Waals surface area contributed by atoms with Crippen molar-refractivity contribution in [1.29, 1.82) is 0 Å². The van der Waals surface area contributed by atoms with Gasteiger partial charge < -0.3 is 4.74 Å². The van der Waals surface area contributed by atoms with E-state index in [1.807, 2.05) is 0 Å². The van der Waals surface area contributed by atoms with E-state index >= 15 is 0 Å². The van der Waals surface area contributed by atoms with Crippen molar-refractivity contribution >= 4 is 17.9 Å². The molecular weight excluding hydrogens is 188 g/mol. The lowest BCUT2D eigenvalue weighted by molar-refractivity contribution is 0.111. The molecule has 1 aliphatic carbocycles. The number of hydrogen-bond donors (Lipinski definition) is 0. The van der Waals surface area contributed by atoms with Gasteiger partial charge >= 0.3 is 0 Å². The van der Waals surface area contributed by atoms with Gasteiger partial charge in [0.1, 0.15) is 5.75 Å². The van der Waals surface area contributed by atoms with Gasteiger partial charge in [0.2, 0.25) is 0 Å². The molecule has 0 radical (unpaired) electrons. The molecule has 0 aliphatic heterocycles. The van der Waals surface area contributed by atoms with E-state index in [2.05, 4.69) is 0 Å². The normalized spacial score (nSPS) is 15.5. The SMILES string of the molecule is O=Cc1c(Cl)cccc1OC1CC1. The second kappa shape index (κ2) is 3.38. The topological polar surface area (TPSA) is 26.3 Å². The van der Waals surface area contributed by atoms with Gasteiger partial charge in [0.05, 0.1) is 16.7 Å². The molecule has 0 amide bonds. The summed E-state index contributed by atoms with van der Waals surface area (Å²) in [6.45, 7) is 0. The predicted octanol–water partition coefficient (Wildman–Crippen LogP) is 2.69. The minimum Gasteiger partial charge on any atom is -0.490 e. The first-order chi connectivity index (χ1) is 6.31. The third kappa shape index (κ3) is 1.83. The molecule has 0 unspecified atom stereocenters. The summed E-state index contributed by atoms with van der Waals surface area (Å²) in [5.74, 6) is 0.602. The van der Waals surface area contributed by atoms with Crippen molar-refractivity contribution < 1.29 is 9.53 Å². The third-order valence-corrected chi connectivity index (χ3v) is 2.28. The van der Waals surface area contributed by atoms with Gasteiger partial charge in [0.15, 0.2) is 6.29 Å². The highest BCUT2D eigenvalue weighted by Gasteiger charge is 2.24. The van der Waals surface area contributed by atoms with E-state index < -0.39 is 0 Å². The van der Waals surface area contributed by atoms with Crippen LogP contribution in [0.5, 0.6) is 5.75 Å². The van der Waals surface area contributed by atoms with Gasteiger partial charge in [-0.15, -0.1) is 0 Å². The van der Waals surface area contributed by atoms with E-state index in [9.17, 15) is 4.79 Å². The maximum absolute atomic E-state index is 10.7. The zero-order valence-corrected chi connectivity index (χ0v) is 7.75. The summed E-state index contributed by atoms with van der Waals surface area (Å²) >= 11 is 5.82. The second-order valence-electron chi connectivity index (χ2n) is 3.09. The molecule has 1 aromatic rings. The molecule has 0 spiro atoms. The van der Waals surface area contributed by atoms with Gasteiger partial charge in [-0.3, -0.25) is 4.79 Å². The Morgan fingerprint density at radius 2 is 2.23 bits per heavy atom. The van der Waals surface area contributed by atoms with Crippen LogP contribution in [0.25, 0.3) is 0 Å². The van der Waals surface area contributed by atoms with E-state index in [1.54, 1.807) is 18.2 Å². The van der Waals surface area contributed by atoms with E-state index in [4.69, 9.17) is 16.3 Å². The first kappa shape index (κ1) is 8.57. The van der Waals surface area contributed by atoms with Crippen LogP contribution < -0.4 is 4.74 Å². The number of carbonyl (C=O) groups is 1. The molecule has 3 heteroatoms. The summed E-state index contributed by atoms with van der Waals surface area (Å²) in [7, 11) is 0. The van der Waals surface area contributed by atoms with Crippen LogP contribution in [-0.4, -0.2) is 12.4 Å². The predicted molar refractivity (Wildman–Crippen MR) is 50.5 cm³/mol. The van der Waals surface area contributed by atoms with Crippen LogP contribution in [0.4, 0.5) is 0 Å². The number of hydrogen-bond acceptors (Lipinski definition) is 2. The Bertz CT molecular complexity index is 332. The van der Waals surface area contributed by atoms with Gasteiger partial charge in [-0.25, -0.2) is 0 Å². The Hall–Kier alpha value is -1.02. The number of benzene rings is 1. The summed E-state index contributed by atoms with van der Waals surface area (Å²) in [6, 6.07) is 5.24. The molecule has 1 fully saturated rings. The van der Waals surface area contributed by atoms with Crippen molar-refractivity contribution in [2.45, 2.75) is 18.9 Å². The summed E-state index contributed by atoms with van der Waals surface area (Å²) in [5.41, 5.74) is 0.455. The van der Waals surface area contributed by atoms with Crippen molar-refractivity contribution in [3.63, 3.8) is 0 Å². The van der Waals surface area contributed by atoms with Crippen molar-refractivity contribution in [3.05, 3.63) is 28.8 Å². The lowest BCUT2D eigenvalue weighted by Gasteiger charge is -2.07. The van der Waals surface area contributed by atoms with Crippen LogP contribution in [-0.2, 0) is 0 Å². The van der Waals surface area contributed by atoms with Gasteiger partial charge in [-0.05, 0) is 25.0 Å². The summed E-state index contributed by atoms with van der Waals surface area (Å²) in [5, 5.41) is 0.452. The number of halogens is 1. The average molecular weight is 197 g/mol. The fourth-order valence-corrected chi connectivity index (χ4v) is 1.31. The van der Waals surface area contributed by atoms with Crippen LogP contribution in [0, 0.1) is 0 Å². The molecule has 1 aromatic carbocycles. The highest BCUT2D eigenvalue weighted by molar-refractivity contribution is 6.33. The van der Waals surface area contributed by atoms with Crippen molar-refractivity contribution in [1.82, 2.24) is 0 Å². The third-order valence-electron chi connectivity index (χ3n) is 1.95. The lowest BCUT2D eigenvalue weighted by atomic mass is 10.2. The maximum atomic E-state index is 10.7. The monoisotopic (exact) mass is 196 g/mol. The van der Waals surface area contributed by atoms with Crippen LogP contribution in [0.3, 0.4) is 0 Å². The molecule has 0 bridgehead atoms. The van der Waals surface area contributed by atoms with Gasteiger partial charge in [-0.2, -0.15) is 0 Å². The first-order valence-electron chi connectivity index (χ1n) is 4.21. The molecule has 0 saturated heterocycles. The Balaban J connectivity index is 2.30. The molecular formula is C10H9ClO2. The fraction of sp³-hybridized carbons (Fsp3) is 0.300. The van der Waals surface area contributed by atoms with Crippen molar-refractivity contribution in [2.75, 3.05) is 0 Å². The number of ether oxygens (including phenoxy) is 1. The molecule has 1 saturated carbocycles. The average Bonchev–Trinajstić information content (AvgIpc) is 2.89. The first-order valence-corrected chi connectivity index (χ1v) is 4.59. The highest BCUT2D eigenvalue weighted by atomic mass is 35.5. The lowest BCUT2D eigenvalue weighted by Crippen LogP contribution is -1.99. The van der Waals surface area contributed by atoms with Gasteiger partial charge in [0.25, 0.3) is 0 Å². The minimum atomic E-state index is 0.289. The molecule has 2 nitrogen and oxygen atoms in total. The Morgan fingerprint density at radius 1 is 1.46 bits per heavy atom. The number of aldehydes is 1. The molecule has 0 atom stereocenters. The number of carbonyl (C=O) groups excluding carboxylic acids is 1. The minimum absolute atomic E-state index is 0.289.